The summed E-state index contributed by atoms with van der Waals surface area (Å²) in [7, 11) is 0. The Morgan fingerprint density at radius 2 is 1.96 bits per heavy atom. The van der Waals surface area contributed by atoms with Gasteiger partial charge in [-0.2, -0.15) is 5.10 Å². The molecular formula is C16H17BrN4OS. The number of rotatable bonds is 5. The maximum absolute atomic E-state index is 5.72. The van der Waals surface area contributed by atoms with Crippen LogP contribution in [0.2, 0.25) is 0 Å². The molecule has 0 atom stereocenters. The zero-order valence-corrected chi connectivity index (χ0v) is 15.6. The largest absolute Gasteiger partial charge is 0.414 e. The molecular weight excluding hydrogens is 376 g/mol. The van der Waals surface area contributed by atoms with Crippen molar-refractivity contribution in [3.05, 3.63) is 57.1 Å². The average molecular weight is 393 g/mol. The van der Waals surface area contributed by atoms with Crippen molar-refractivity contribution in [3.63, 3.8) is 0 Å². The van der Waals surface area contributed by atoms with E-state index in [1.807, 2.05) is 30.7 Å². The summed E-state index contributed by atoms with van der Waals surface area (Å²) >= 11 is 5.07. The van der Waals surface area contributed by atoms with Gasteiger partial charge in [0.2, 0.25) is 5.89 Å². The van der Waals surface area contributed by atoms with Crippen molar-refractivity contribution in [2.45, 2.75) is 38.3 Å². The van der Waals surface area contributed by atoms with E-state index in [2.05, 4.69) is 50.3 Å². The van der Waals surface area contributed by atoms with Gasteiger partial charge in [-0.1, -0.05) is 36.0 Å². The minimum Gasteiger partial charge on any atom is -0.414 e. The average Bonchev–Trinajstić information content (AvgIpc) is 3.08. The van der Waals surface area contributed by atoms with E-state index in [0.717, 1.165) is 21.6 Å². The van der Waals surface area contributed by atoms with Crippen LogP contribution in [0.25, 0.3) is 0 Å². The minimum absolute atomic E-state index is 0.482. The van der Waals surface area contributed by atoms with Crippen LogP contribution in [0.5, 0.6) is 0 Å². The fraction of sp³-hybridized carbons (Fsp3) is 0.312. The summed E-state index contributed by atoms with van der Waals surface area (Å²) in [6, 6.07) is 8.31. The summed E-state index contributed by atoms with van der Waals surface area (Å²) in [6.45, 7) is 6.56. The van der Waals surface area contributed by atoms with Crippen LogP contribution < -0.4 is 0 Å². The van der Waals surface area contributed by atoms with Crippen LogP contribution in [0.3, 0.4) is 0 Å². The maximum Gasteiger partial charge on any atom is 0.276 e. The zero-order valence-electron chi connectivity index (χ0n) is 13.2. The van der Waals surface area contributed by atoms with Crippen LogP contribution in [-0.4, -0.2) is 20.0 Å². The molecule has 7 heteroatoms. The van der Waals surface area contributed by atoms with Gasteiger partial charge in [0.15, 0.2) is 0 Å². The lowest BCUT2D eigenvalue weighted by molar-refractivity contribution is 0.396. The van der Waals surface area contributed by atoms with Gasteiger partial charge in [0, 0.05) is 5.75 Å². The molecule has 0 fully saturated rings. The molecule has 2 aromatic heterocycles. The third-order valence-corrected chi connectivity index (χ3v) is 5.65. The van der Waals surface area contributed by atoms with Gasteiger partial charge in [-0.3, -0.25) is 4.68 Å². The lowest BCUT2D eigenvalue weighted by Crippen LogP contribution is -2.04. The second-order valence-corrected chi connectivity index (χ2v) is 7.04. The van der Waals surface area contributed by atoms with Crippen LogP contribution in [0.4, 0.5) is 0 Å². The highest BCUT2D eigenvalue weighted by molar-refractivity contribution is 9.10. The molecule has 1 aromatic carbocycles. The van der Waals surface area contributed by atoms with E-state index in [4.69, 9.17) is 4.42 Å². The molecule has 0 spiro atoms. The summed E-state index contributed by atoms with van der Waals surface area (Å²) in [4.78, 5) is 0. The number of hydrogen-bond donors (Lipinski definition) is 0. The van der Waals surface area contributed by atoms with Crippen LogP contribution in [-0.2, 0) is 12.3 Å². The van der Waals surface area contributed by atoms with Crippen molar-refractivity contribution in [3.8, 4) is 0 Å². The van der Waals surface area contributed by atoms with Crippen molar-refractivity contribution in [1.82, 2.24) is 20.0 Å². The highest BCUT2D eigenvalue weighted by Crippen LogP contribution is 2.24. The number of aromatic nitrogens is 4. The van der Waals surface area contributed by atoms with E-state index in [0.29, 0.717) is 17.7 Å². The Morgan fingerprint density at radius 1 is 1.17 bits per heavy atom. The molecule has 2 heterocycles. The van der Waals surface area contributed by atoms with E-state index >= 15 is 0 Å². The van der Waals surface area contributed by atoms with E-state index < -0.39 is 0 Å². The Balaban J connectivity index is 1.66. The third-order valence-electron chi connectivity index (χ3n) is 3.64. The molecule has 120 valence electrons. The number of nitrogens with zero attached hydrogens (tertiary/aromatic N) is 4. The molecule has 0 amide bonds. The predicted octanol–water partition coefficient (Wildman–Crippen LogP) is 4.29. The van der Waals surface area contributed by atoms with E-state index in [1.54, 1.807) is 11.8 Å². The molecule has 0 unspecified atom stereocenters. The zero-order chi connectivity index (χ0) is 16.4. The quantitative estimate of drug-likeness (QED) is 0.605. The number of hydrogen-bond acceptors (Lipinski definition) is 5. The molecule has 0 aliphatic rings. The first kappa shape index (κ1) is 16.3. The van der Waals surface area contributed by atoms with Crippen molar-refractivity contribution in [2.24, 2.45) is 0 Å². The first-order valence-electron chi connectivity index (χ1n) is 7.24. The monoisotopic (exact) mass is 392 g/mol. The van der Waals surface area contributed by atoms with Crippen molar-refractivity contribution in [2.75, 3.05) is 0 Å². The van der Waals surface area contributed by atoms with Crippen molar-refractivity contribution < 1.29 is 4.42 Å². The molecule has 0 saturated heterocycles. The first-order chi connectivity index (χ1) is 11.0. The fourth-order valence-corrected chi connectivity index (χ4v) is 3.37. The van der Waals surface area contributed by atoms with E-state index in [9.17, 15) is 0 Å². The van der Waals surface area contributed by atoms with Crippen LogP contribution in [0.15, 0.2) is 38.4 Å². The van der Waals surface area contributed by atoms with Crippen LogP contribution in [0.1, 0.15) is 28.4 Å². The molecule has 3 aromatic rings. The lowest BCUT2D eigenvalue weighted by Gasteiger charge is -2.02. The van der Waals surface area contributed by atoms with Gasteiger partial charge >= 0.3 is 0 Å². The number of thioether (sulfide) groups is 1. The van der Waals surface area contributed by atoms with Crippen LogP contribution in [0, 0.1) is 20.8 Å². The standard InChI is InChI=1S/C16H17BrN4OS/c1-10-6-4-5-7-13(10)9-23-16-19-18-14(22-16)8-21-12(3)15(17)11(2)20-21/h4-7H,8-9H2,1-3H3. The van der Waals surface area contributed by atoms with Gasteiger partial charge in [0.1, 0.15) is 6.54 Å². The van der Waals surface area contributed by atoms with Crippen molar-refractivity contribution >= 4 is 27.7 Å². The Kier molecular flexibility index (Phi) is 4.87. The van der Waals surface area contributed by atoms with Gasteiger partial charge in [0.25, 0.3) is 5.22 Å². The molecule has 0 radical (unpaired) electrons. The van der Waals surface area contributed by atoms with E-state index in [-0.39, 0.29) is 0 Å². The fourth-order valence-electron chi connectivity index (χ4n) is 2.23. The second-order valence-electron chi connectivity index (χ2n) is 5.32. The summed E-state index contributed by atoms with van der Waals surface area (Å²) in [5, 5.41) is 13.3. The molecule has 0 aliphatic heterocycles. The van der Waals surface area contributed by atoms with Gasteiger partial charge in [-0.05, 0) is 47.8 Å². The number of benzene rings is 1. The third kappa shape index (κ3) is 3.67. The molecule has 0 saturated carbocycles. The Morgan fingerprint density at radius 3 is 2.65 bits per heavy atom. The Labute approximate surface area is 147 Å². The molecule has 5 nitrogen and oxygen atoms in total. The Bertz CT molecular complexity index is 827. The highest BCUT2D eigenvalue weighted by Gasteiger charge is 2.13. The van der Waals surface area contributed by atoms with Crippen molar-refractivity contribution in [1.29, 1.82) is 0 Å². The van der Waals surface area contributed by atoms with Gasteiger partial charge in [0.05, 0.1) is 15.9 Å². The summed E-state index contributed by atoms with van der Waals surface area (Å²) < 4.78 is 8.60. The predicted molar refractivity (Wildman–Crippen MR) is 93.5 cm³/mol. The number of halogens is 1. The first-order valence-corrected chi connectivity index (χ1v) is 9.01. The van der Waals surface area contributed by atoms with Gasteiger partial charge < -0.3 is 4.42 Å². The summed E-state index contributed by atoms with van der Waals surface area (Å²) in [5.74, 6) is 1.38. The SMILES string of the molecule is Cc1ccccc1CSc1nnc(Cn2nc(C)c(Br)c2C)o1. The normalized spacial score (nSPS) is 11.1. The summed E-state index contributed by atoms with van der Waals surface area (Å²) in [6.07, 6.45) is 0. The number of aryl methyl sites for hydroxylation is 2. The van der Waals surface area contributed by atoms with E-state index in [1.165, 1.54) is 11.1 Å². The molecule has 23 heavy (non-hydrogen) atoms. The lowest BCUT2D eigenvalue weighted by atomic mass is 10.1. The van der Waals surface area contributed by atoms with Crippen LogP contribution >= 0.6 is 27.7 Å². The molecule has 0 bridgehead atoms. The molecule has 0 aliphatic carbocycles. The topological polar surface area (TPSA) is 56.7 Å². The second kappa shape index (κ2) is 6.88. The smallest absolute Gasteiger partial charge is 0.276 e. The summed E-state index contributed by atoms with van der Waals surface area (Å²) in [5.41, 5.74) is 4.55. The van der Waals surface area contributed by atoms with Gasteiger partial charge in [-0.25, -0.2) is 0 Å². The Hall–Kier alpha value is -1.60. The highest BCUT2D eigenvalue weighted by atomic mass is 79.9. The molecule has 3 rings (SSSR count). The van der Waals surface area contributed by atoms with Gasteiger partial charge in [-0.15, -0.1) is 10.2 Å². The molecule has 0 N–H and O–H groups in total. The maximum atomic E-state index is 5.72. The minimum atomic E-state index is 0.482.